The van der Waals surface area contributed by atoms with Gasteiger partial charge in [0.2, 0.25) is 0 Å². The Hall–Kier alpha value is 1.66. The summed E-state index contributed by atoms with van der Waals surface area (Å²) in [5.41, 5.74) is 0. The Balaban J connectivity index is 3.80. The number of halogens is 2. The molecule has 0 N–H and O–H groups in total. The predicted molar refractivity (Wildman–Crippen MR) is 40.2 cm³/mol. The maximum atomic E-state index is 7.08. The maximum Gasteiger partial charge on any atom is 0.116 e. The fourth-order valence-corrected chi connectivity index (χ4v) is 0. The van der Waals surface area contributed by atoms with E-state index in [4.69, 9.17) is 23.8 Å². The fourth-order valence-electron chi connectivity index (χ4n) is 0. The molecule has 38 valence electrons. The quantitative estimate of drug-likeness (QED) is 0.563. The van der Waals surface area contributed by atoms with Crippen molar-refractivity contribution in [2.75, 3.05) is 6.66 Å². The van der Waals surface area contributed by atoms with Crippen molar-refractivity contribution < 1.29 is 0 Å². The summed E-state index contributed by atoms with van der Waals surface area (Å²) in [6.07, 6.45) is -3.26. The molecule has 0 rings (SSSR count). The first-order valence-electron chi connectivity index (χ1n) is 1.62. The zero-order valence-corrected chi connectivity index (χ0v) is 7.18. The molecule has 0 aromatic carbocycles. The first kappa shape index (κ1) is 5.79. The molecule has 0 radical (unpaired) electrons. The summed E-state index contributed by atoms with van der Waals surface area (Å²) >= 11 is 15.3. The van der Waals surface area contributed by atoms with Crippen LogP contribution >= 0.6 is 35.1 Å². The molecule has 0 aromatic heterocycles. The Morgan fingerprint density at radius 3 is 2.17 bits per heavy atom. The molecule has 0 aromatic rings. The van der Waals surface area contributed by atoms with Crippen LogP contribution in [0, 0.1) is 0 Å². The molecule has 0 aliphatic heterocycles. The molecule has 0 amide bonds. The molecule has 1 unspecified atom stereocenters. The van der Waals surface area contributed by atoms with Crippen LogP contribution in [0.5, 0.6) is 0 Å². The first-order valence-corrected chi connectivity index (χ1v) is 7.83. The van der Waals surface area contributed by atoms with E-state index >= 15 is 0 Å². The minimum Gasteiger partial charge on any atom is -0.0939 e. The van der Waals surface area contributed by atoms with Gasteiger partial charge in [0.1, 0.15) is 6.32 Å². The van der Waals surface area contributed by atoms with Gasteiger partial charge in [0, 0.05) is 0 Å². The molecule has 0 aliphatic rings. The highest BCUT2D eigenvalue weighted by Gasteiger charge is 1.94. The van der Waals surface area contributed by atoms with Gasteiger partial charge in [-0.1, -0.05) is 34.3 Å². The highest BCUT2D eigenvalue weighted by atomic mass is 35.9. The molecule has 0 heterocycles. The second kappa shape index (κ2) is 3.64. The van der Waals surface area contributed by atoms with Gasteiger partial charge >= 0.3 is 0 Å². The van der Waals surface area contributed by atoms with Crippen LogP contribution in [-0.2, 0) is 11.8 Å². The Kier molecular flexibility index (Phi) is 3.51. The topological polar surface area (TPSA) is 0 Å². The third-order valence-corrected chi connectivity index (χ3v) is 9.08. The van der Waals surface area contributed by atoms with E-state index in [2.05, 4.69) is 11.8 Å². The third-order valence-electron chi connectivity index (χ3n) is 0.213. The van der Waals surface area contributed by atoms with E-state index in [1.165, 1.54) is 0 Å². The van der Waals surface area contributed by atoms with Crippen LogP contribution in [0.2, 0.25) is 0 Å². The van der Waals surface area contributed by atoms with Gasteiger partial charge in [-0.15, -0.1) is 0 Å². The van der Waals surface area contributed by atoms with E-state index in [0.717, 1.165) is 0 Å². The van der Waals surface area contributed by atoms with E-state index in [9.17, 15) is 0 Å². The van der Waals surface area contributed by atoms with Crippen LogP contribution in [-0.4, -0.2) is 7.94 Å². The third kappa shape index (κ3) is 3.84. The van der Waals surface area contributed by atoms with E-state index in [1.54, 1.807) is 6.66 Å². The van der Waals surface area contributed by atoms with Crippen molar-refractivity contribution >= 4 is 46.9 Å². The van der Waals surface area contributed by atoms with Gasteiger partial charge < -0.3 is 0 Å². The van der Waals surface area contributed by atoms with E-state index < -0.39 is 12.6 Å². The lowest BCUT2D eigenvalue weighted by molar-refractivity contribution is 2.51. The van der Waals surface area contributed by atoms with Crippen LogP contribution in [0.3, 0.4) is 0 Å². The van der Waals surface area contributed by atoms with Crippen molar-refractivity contribution in [3.63, 3.8) is 0 Å². The van der Waals surface area contributed by atoms with Crippen LogP contribution in [0.15, 0.2) is 0 Å². The van der Waals surface area contributed by atoms with E-state index in [0.29, 0.717) is 0 Å². The van der Waals surface area contributed by atoms with Crippen LogP contribution < -0.4 is 0 Å². The van der Waals surface area contributed by atoms with E-state index in [1.807, 2.05) is 0 Å². The minimum absolute atomic E-state index is 1.20. The zero-order chi connectivity index (χ0) is 6.08. The van der Waals surface area contributed by atoms with E-state index in [-0.39, 0.29) is 0 Å². The molecule has 0 saturated heterocycles. The summed E-state index contributed by atoms with van der Waals surface area (Å²) in [6, 6.07) is 0. The average molecular weight is 183 g/mol. The average Bonchev–Trinajstić information content (AvgIpc) is 1.31. The highest BCUT2D eigenvalue weighted by molar-refractivity contribution is 8.58. The molecule has 6 heavy (non-hydrogen) atoms. The second-order valence-electron chi connectivity index (χ2n) is 0.679. The zero-order valence-electron chi connectivity index (χ0n) is 4.06. The lowest BCUT2D eigenvalue weighted by Gasteiger charge is -1.90. The molecule has 5 heteroatoms. The Bertz CT molecular complexity index is 97.9. The maximum absolute atomic E-state index is 7.08. The summed E-state index contributed by atoms with van der Waals surface area (Å²) in [5, 5.41) is 0. The van der Waals surface area contributed by atoms with Crippen molar-refractivity contribution in [1.29, 1.82) is 1.28 Å². The minimum atomic E-state index is -2.06. The van der Waals surface area contributed by atoms with Crippen molar-refractivity contribution in [1.82, 2.24) is 0 Å². The fraction of sp³-hybridized carbons (Fsp3) is 1.00. The molecule has 0 bridgehead atoms. The lowest BCUT2D eigenvalue weighted by atomic mass is 12.0. The summed E-state index contributed by atoms with van der Waals surface area (Å²) < 4.78 is 7.08. The van der Waals surface area contributed by atoms with Gasteiger partial charge in [0.25, 0.3) is 0 Å². The van der Waals surface area contributed by atoms with Crippen LogP contribution in [0.1, 0.15) is 0 Å². The molecule has 0 spiro atoms. The van der Waals surface area contributed by atoms with Gasteiger partial charge in [0.05, 0.1) is 1.28 Å². The second-order valence-corrected chi connectivity index (χ2v) is 11.5. The van der Waals surface area contributed by atoms with Crippen LogP contribution in [0.4, 0.5) is 0 Å². The summed E-state index contributed by atoms with van der Waals surface area (Å²) in [7, 11) is 0. The summed E-state index contributed by atoms with van der Waals surface area (Å²) in [4.78, 5) is 0. The molecule has 0 aliphatic carbocycles. The Labute approximate surface area is 55.1 Å². The smallest absolute Gasteiger partial charge is 0.0939 e. The molecule has 0 fully saturated rings. The SMILES string of the molecule is [3H]P(C)(=S)P(Cl)Cl. The van der Waals surface area contributed by atoms with Crippen LogP contribution in [0.25, 0.3) is 0 Å². The molecule has 0 saturated carbocycles. The van der Waals surface area contributed by atoms with Crippen molar-refractivity contribution in [2.24, 2.45) is 0 Å². The molecular formula is CH4Cl2P2S. The summed E-state index contributed by atoms with van der Waals surface area (Å²) in [6.45, 7) is 1.62. The monoisotopic (exact) mass is 182 g/mol. The normalized spacial score (nSPS) is 23.0. The summed E-state index contributed by atoms with van der Waals surface area (Å²) in [5.74, 6) is 0. The van der Waals surface area contributed by atoms with Gasteiger partial charge in [-0.3, -0.25) is 0 Å². The van der Waals surface area contributed by atoms with Crippen molar-refractivity contribution in [2.45, 2.75) is 0 Å². The van der Waals surface area contributed by atoms with Crippen molar-refractivity contribution in [3.05, 3.63) is 0 Å². The Morgan fingerprint density at radius 2 is 2.17 bits per heavy atom. The van der Waals surface area contributed by atoms with Gasteiger partial charge in [-0.25, -0.2) is 0 Å². The molecule has 1 atom stereocenters. The predicted octanol–water partition coefficient (Wildman–Crippen LogP) is 3.00. The number of hydrogen-bond acceptors (Lipinski definition) is 1. The van der Waals surface area contributed by atoms with Crippen molar-refractivity contribution in [3.8, 4) is 0 Å². The van der Waals surface area contributed by atoms with Gasteiger partial charge in [-0.2, -0.15) is 0 Å². The first-order chi connectivity index (χ1) is 2.94. The Morgan fingerprint density at radius 1 is 2.00 bits per heavy atom. The standard InChI is InChI=1S/CH4Cl2P2S/c1-4(6)5(2)3/h4H,1H3/i4T. The molecular weight excluding hydrogens is 177 g/mol. The number of rotatable bonds is 1. The highest BCUT2D eigenvalue weighted by Crippen LogP contribution is 2.67. The van der Waals surface area contributed by atoms with Gasteiger partial charge in [-0.05, 0) is 13.0 Å². The lowest BCUT2D eigenvalue weighted by Crippen LogP contribution is -1.30. The number of hydrogen-bond donors (Lipinski definition) is 0. The largest absolute Gasteiger partial charge is 0.116 e. The molecule has 0 nitrogen and oxygen atoms in total. The van der Waals surface area contributed by atoms with Gasteiger partial charge in [0.15, 0.2) is 0 Å².